The van der Waals surface area contributed by atoms with Crippen molar-refractivity contribution in [3.05, 3.63) is 0 Å². The maximum atomic E-state index is 11.8. The molecular formula is C12H22O2. The molecule has 14 heavy (non-hydrogen) atoms. The normalized spacial score (nSPS) is 22.0. The van der Waals surface area contributed by atoms with Crippen molar-refractivity contribution in [1.29, 1.82) is 0 Å². The second-order valence-electron chi connectivity index (χ2n) is 4.99. The molecular weight excluding hydrogens is 176 g/mol. The quantitative estimate of drug-likeness (QED) is 0.757. The molecule has 1 fully saturated rings. The molecule has 0 heterocycles. The lowest BCUT2D eigenvalue weighted by molar-refractivity contribution is -0.148. The number of carbonyl (C=O) groups excluding carboxylic acids is 1. The van der Waals surface area contributed by atoms with Crippen molar-refractivity contribution in [3.8, 4) is 0 Å². The van der Waals surface area contributed by atoms with Crippen molar-refractivity contribution in [2.24, 2.45) is 5.41 Å². The highest BCUT2D eigenvalue weighted by atomic mass is 16.3. The highest BCUT2D eigenvalue weighted by Crippen LogP contribution is 2.43. The lowest BCUT2D eigenvalue weighted by Crippen LogP contribution is -2.50. The van der Waals surface area contributed by atoms with Crippen molar-refractivity contribution < 1.29 is 9.90 Å². The van der Waals surface area contributed by atoms with Gasteiger partial charge in [0.2, 0.25) is 0 Å². The fourth-order valence-electron chi connectivity index (χ4n) is 2.46. The predicted octanol–water partition coefficient (Wildman–Crippen LogP) is 2.69. The smallest absolute Gasteiger partial charge is 0.141 e. The van der Waals surface area contributed by atoms with Crippen LogP contribution in [-0.2, 0) is 4.79 Å². The highest BCUT2D eigenvalue weighted by Gasteiger charge is 2.47. The van der Waals surface area contributed by atoms with Crippen molar-refractivity contribution in [1.82, 2.24) is 0 Å². The molecule has 0 bridgehead atoms. The van der Waals surface area contributed by atoms with Gasteiger partial charge in [-0.15, -0.1) is 0 Å². The van der Waals surface area contributed by atoms with Crippen LogP contribution < -0.4 is 0 Å². The Morgan fingerprint density at radius 3 is 2.21 bits per heavy atom. The Hall–Kier alpha value is -0.370. The molecule has 1 rings (SSSR count). The van der Waals surface area contributed by atoms with Crippen LogP contribution in [0.15, 0.2) is 0 Å². The first-order valence-electron chi connectivity index (χ1n) is 5.70. The number of Topliss-reactive ketones (excluding diaryl/α,β-unsaturated/α-hetero) is 1. The van der Waals surface area contributed by atoms with E-state index in [1.54, 1.807) is 0 Å². The summed E-state index contributed by atoms with van der Waals surface area (Å²) in [6, 6.07) is 0. The number of hydrogen-bond donors (Lipinski definition) is 1. The van der Waals surface area contributed by atoms with Crippen LogP contribution >= 0.6 is 0 Å². The molecule has 0 saturated heterocycles. The van der Waals surface area contributed by atoms with Crippen LogP contribution in [0, 0.1) is 5.41 Å². The summed E-state index contributed by atoms with van der Waals surface area (Å²) in [4.78, 5) is 11.8. The van der Waals surface area contributed by atoms with Gasteiger partial charge in [0.1, 0.15) is 5.78 Å². The van der Waals surface area contributed by atoms with Crippen molar-refractivity contribution in [3.63, 3.8) is 0 Å². The first kappa shape index (κ1) is 11.7. The minimum Gasteiger partial charge on any atom is -0.389 e. The monoisotopic (exact) mass is 198 g/mol. The first-order chi connectivity index (χ1) is 6.44. The molecule has 1 aliphatic rings. The Labute approximate surface area is 86.7 Å². The molecule has 0 spiro atoms. The molecule has 0 aromatic heterocycles. The summed E-state index contributed by atoms with van der Waals surface area (Å²) in [5.74, 6) is 0.182. The van der Waals surface area contributed by atoms with E-state index in [-0.39, 0.29) is 5.78 Å². The van der Waals surface area contributed by atoms with E-state index in [9.17, 15) is 9.90 Å². The SMILES string of the molecule is CCC(=O)C(C)(C)C1(O)CCCCC1. The molecule has 0 atom stereocenters. The molecule has 0 aromatic carbocycles. The third-order valence-electron chi connectivity index (χ3n) is 3.86. The fourth-order valence-corrected chi connectivity index (χ4v) is 2.46. The van der Waals surface area contributed by atoms with Crippen LogP contribution in [0.25, 0.3) is 0 Å². The zero-order valence-corrected chi connectivity index (χ0v) is 9.60. The third kappa shape index (κ3) is 1.85. The Morgan fingerprint density at radius 1 is 1.29 bits per heavy atom. The summed E-state index contributed by atoms with van der Waals surface area (Å²) < 4.78 is 0. The Balaban J connectivity index is 2.82. The molecule has 1 aliphatic carbocycles. The molecule has 0 radical (unpaired) electrons. The van der Waals surface area contributed by atoms with E-state index in [2.05, 4.69) is 0 Å². The van der Waals surface area contributed by atoms with Gasteiger partial charge in [0.25, 0.3) is 0 Å². The second kappa shape index (κ2) is 4.01. The lowest BCUT2D eigenvalue weighted by atomic mass is 9.64. The average molecular weight is 198 g/mol. The van der Waals surface area contributed by atoms with Crippen LogP contribution in [0.1, 0.15) is 59.3 Å². The number of rotatable bonds is 3. The van der Waals surface area contributed by atoms with Crippen LogP contribution in [0.5, 0.6) is 0 Å². The molecule has 2 nitrogen and oxygen atoms in total. The van der Waals surface area contributed by atoms with Gasteiger partial charge in [-0.25, -0.2) is 0 Å². The molecule has 0 amide bonds. The summed E-state index contributed by atoms with van der Waals surface area (Å²) in [6.07, 6.45) is 5.39. The van der Waals surface area contributed by atoms with Gasteiger partial charge in [-0.1, -0.05) is 40.0 Å². The zero-order valence-electron chi connectivity index (χ0n) is 9.60. The van der Waals surface area contributed by atoms with Crippen LogP contribution in [-0.4, -0.2) is 16.5 Å². The first-order valence-corrected chi connectivity index (χ1v) is 5.70. The maximum Gasteiger partial charge on any atom is 0.141 e. The Morgan fingerprint density at radius 2 is 1.79 bits per heavy atom. The van der Waals surface area contributed by atoms with Crippen LogP contribution in [0.3, 0.4) is 0 Å². The van der Waals surface area contributed by atoms with Gasteiger partial charge >= 0.3 is 0 Å². The van der Waals surface area contributed by atoms with Crippen molar-refractivity contribution in [2.45, 2.75) is 64.9 Å². The van der Waals surface area contributed by atoms with E-state index in [4.69, 9.17) is 0 Å². The van der Waals surface area contributed by atoms with Gasteiger partial charge in [0, 0.05) is 6.42 Å². The standard InChI is InChI=1S/C12H22O2/c1-4-10(13)11(2,3)12(14)8-6-5-7-9-12/h14H,4-9H2,1-3H3. The molecule has 2 heteroatoms. The van der Waals surface area contributed by atoms with E-state index >= 15 is 0 Å². The topological polar surface area (TPSA) is 37.3 Å². The van der Waals surface area contributed by atoms with E-state index < -0.39 is 11.0 Å². The van der Waals surface area contributed by atoms with Crippen molar-refractivity contribution >= 4 is 5.78 Å². The Bertz CT molecular complexity index is 212. The van der Waals surface area contributed by atoms with Crippen LogP contribution in [0.4, 0.5) is 0 Å². The van der Waals surface area contributed by atoms with Gasteiger partial charge in [0.15, 0.2) is 0 Å². The lowest BCUT2D eigenvalue weighted by Gasteiger charge is -2.44. The largest absolute Gasteiger partial charge is 0.389 e. The van der Waals surface area contributed by atoms with E-state index in [1.165, 1.54) is 6.42 Å². The van der Waals surface area contributed by atoms with Crippen molar-refractivity contribution in [2.75, 3.05) is 0 Å². The fraction of sp³-hybridized carbons (Fsp3) is 0.917. The number of carbonyl (C=O) groups is 1. The second-order valence-corrected chi connectivity index (χ2v) is 4.99. The number of hydrogen-bond acceptors (Lipinski definition) is 2. The van der Waals surface area contributed by atoms with Gasteiger partial charge in [-0.2, -0.15) is 0 Å². The number of ketones is 1. The molecule has 0 unspecified atom stereocenters. The molecule has 0 aromatic rings. The molecule has 82 valence electrons. The summed E-state index contributed by atoms with van der Waals surface area (Å²) in [5.41, 5.74) is -1.32. The molecule has 1 N–H and O–H groups in total. The van der Waals surface area contributed by atoms with E-state index in [0.29, 0.717) is 6.42 Å². The van der Waals surface area contributed by atoms with E-state index in [1.807, 2.05) is 20.8 Å². The average Bonchev–Trinajstić information content (AvgIpc) is 2.17. The third-order valence-corrected chi connectivity index (χ3v) is 3.86. The molecule has 0 aliphatic heterocycles. The minimum atomic E-state index is -0.752. The highest BCUT2D eigenvalue weighted by molar-refractivity contribution is 5.85. The maximum absolute atomic E-state index is 11.8. The minimum absolute atomic E-state index is 0.182. The number of aliphatic hydroxyl groups is 1. The van der Waals surface area contributed by atoms with Gasteiger partial charge in [-0.3, -0.25) is 4.79 Å². The summed E-state index contributed by atoms with van der Waals surface area (Å²) >= 11 is 0. The summed E-state index contributed by atoms with van der Waals surface area (Å²) in [5, 5.41) is 10.5. The summed E-state index contributed by atoms with van der Waals surface area (Å²) in [6.45, 7) is 5.66. The van der Waals surface area contributed by atoms with Gasteiger partial charge in [-0.05, 0) is 12.8 Å². The predicted molar refractivity (Wildman–Crippen MR) is 57.1 cm³/mol. The summed E-state index contributed by atoms with van der Waals surface area (Å²) in [7, 11) is 0. The van der Waals surface area contributed by atoms with Gasteiger partial charge in [0.05, 0.1) is 11.0 Å². The molecule has 1 saturated carbocycles. The zero-order chi connectivity index (χ0) is 10.8. The Kier molecular flexibility index (Phi) is 3.36. The van der Waals surface area contributed by atoms with Crippen LogP contribution in [0.2, 0.25) is 0 Å². The van der Waals surface area contributed by atoms with E-state index in [0.717, 1.165) is 25.7 Å². The van der Waals surface area contributed by atoms with Gasteiger partial charge < -0.3 is 5.11 Å².